The Hall–Kier alpha value is -2.77. The molecule has 0 spiro atoms. The normalized spacial score (nSPS) is 19.1. The molecule has 1 aromatic heterocycles. The van der Waals surface area contributed by atoms with E-state index in [1.807, 2.05) is 0 Å². The van der Waals surface area contributed by atoms with Gasteiger partial charge in [-0.15, -0.1) is 0 Å². The first-order chi connectivity index (χ1) is 10.9. The first-order valence-electron chi connectivity index (χ1n) is 6.91. The van der Waals surface area contributed by atoms with Crippen LogP contribution in [0.2, 0.25) is 0 Å². The van der Waals surface area contributed by atoms with Crippen LogP contribution in [0.3, 0.4) is 0 Å². The van der Waals surface area contributed by atoms with Crippen molar-refractivity contribution in [3.05, 3.63) is 42.2 Å². The van der Waals surface area contributed by atoms with Crippen molar-refractivity contribution in [3.8, 4) is 11.1 Å². The summed E-state index contributed by atoms with van der Waals surface area (Å²) in [6.45, 7) is 0. The molecule has 0 radical (unpaired) electrons. The van der Waals surface area contributed by atoms with Crippen molar-refractivity contribution in [1.82, 2.24) is 9.97 Å². The molecule has 0 atom stereocenters. The molecule has 6 nitrogen and oxygen atoms in total. The van der Waals surface area contributed by atoms with E-state index >= 15 is 0 Å². The summed E-state index contributed by atoms with van der Waals surface area (Å²) < 4.78 is 26.8. The zero-order chi connectivity index (χ0) is 16.7. The molecule has 1 saturated carbocycles. The van der Waals surface area contributed by atoms with Crippen molar-refractivity contribution in [2.45, 2.75) is 24.2 Å². The third-order valence-corrected chi connectivity index (χ3v) is 4.16. The summed E-state index contributed by atoms with van der Waals surface area (Å²) in [5.41, 5.74) is 12.1. The van der Waals surface area contributed by atoms with Gasteiger partial charge in [0.1, 0.15) is 5.84 Å². The second-order valence-corrected chi connectivity index (χ2v) is 5.68. The number of hydrogen-bond acceptors (Lipinski definition) is 5. The Morgan fingerprint density at radius 2 is 1.65 bits per heavy atom. The lowest BCUT2D eigenvalue weighted by molar-refractivity contribution is -0.106. The molecule has 0 aliphatic heterocycles. The summed E-state index contributed by atoms with van der Waals surface area (Å²) >= 11 is 0. The molecule has 8 heteroatoms. The zero-order valence-electron chi connectivity index (χ0n) is 12.1. The lowest BCUT2D eigenvalue weighted by Gasteiger charge is -2.46. The van der Waals surface area contributed by atoms with Gasteiger partial charge in [-0.3, -0.25) is 0 Å². The van der Waals surface area contributed by atoms with E-state index in [0.29, 0.717) is 5.56 Å². The van der Waals surface area contributed by atoms with Crippen molar-refractivity contribution >= 4 is 11.8 Å². The fourth-order valence-electron chi connectivity index (χ4n) is 2.93. The molecule has 23 heavy (non-hydrogen) atoms. The largest absolute Gasteiger partial charge is 0.409 e. The van der Waals surface area contributed by atoms with Crippen LogP contribution in [0.5, 0.6) is 0 Å². The number of anilines is 1. The monoisotopic (exact) mass is 319 g/mol. The predicted octanol–water partition coefficient (Wildman–Crippen LogP) is 2.14. The van der Waals surface area contributed by atoms with Crippen LogP contribution in [0, 0.1) is 0 Å². The lowest BCUT2D eigenvalue weighted by atomic mass is 9.61. The van der Waals surface area contributed by atoms with Crippen molar-refractivity contribution in [3.63, 3.8) is 0 Å². The van der Waals surface area contributed by atoms with E-state index in [-0.39, 0.29) is 11.8 Å². The highest BCUT2D eigenvalue weighted by Crippen LogP contribution is 2.53. The molecule has 1 aliphatic rings. The van der Waals surface area contributed by atoms with Gasteiger partial charge < -0.3 is 16.7 Å². The van der Waals surface area contributed by atoms with Crippen molar-refractivity contribution in [2.24, 2.45) is 10.9 Å². The number of rotatable bonds is 3. The molecule has 1 heterocycles. The van der Waals surface area contributed by atoms with E-state index in [4.69, 9.17) is 16.7 Å². The molecule has 3 rings (SSSR count). The van der Waals surface area contributed by atoms with Crippen LogP contribution < -0.4 is 11.5 Å². The summed E-state index contributed by atoms with van der Waals surface area (Å²) in [6, 6.07) is 6.90. The maximum atomic E-state index is 13.4. The van der Waals surface area contributed by atoms with E-state index in [1.54, 1.807) is 36.7 Å². The molecule has 2 aromatic rings. The van der Waals surface area contributed by atoms with Crippen LogP contribution in [0.15, 0.2) is 41.8 Å². The van der Waals surface area contributed by atoms with Gasteiger partial charge in [0.2, 0.25) is 5.95 Å². The van der Waals surface area contributed by atoms with E-state index in [1.165, 1.54) is 0 Å². The van der Waals surface area contributed by atoms with Crippen LogP contribution in [0.25, 0.3) is 11.1 Å². The number of nitrogen functional groups attached to an aromatic ring is 1. The van der Waals surface area contributed by atoms with Crippen LogP contribution in [-0.2, 0) is 5.41 Å². The molecule has 1 fully saturated rings. The molecule has 0 bridgehead atoms. The van der Waals surface area contributed by atoms with Crippen molar-refractivity contribution in [1.29, 1.82) is 0 Å². The Morgan fingerprint density at radius 1 is 1.09 bits per heavy atom. The first kappa shape index (κ1) is 15.1. The molecule has 1 aliphatic carbocycles. The van der Waals surface area contributed by atoms with Gasteiger partial charge in [0.15, 0.2) is 0 Å². The summed E-state index contributed by atoms with van der Waals surface area (Å²) in [4.78, 5) is 7.82. The van der Waals surface area contributed by atoms with E-state index in [0.717, 1.165) is 11.1 Å². The highest BCUT2D eigenvalue weighted by atomic mass is 19.3. The second-order valence-electron chi connectivity index (χ2n) is 5.68. The van der Waals surface area contributed by atoms with E-state index in [2.05, 4.69) is 15.1 Å². The third-order valence-electron chi connectivity index (χ3n) is 4.16. The minimum Gasteiger partial charge on any atom is -0.409 e. The predicted molar refractivity (Wildman–Crippen MR) is 81.1 cm³/mol. The molecule has 0 saturated heterocycles. The lowest BCUT2D eigenvalue weighted by Crippen LogP contribution is -2.57. The molecule has 1 aromatic carbocycles. The fourth-order valence-corrected chi connectivity index (χ4v) is 2.93. The number of amidine groups is 1. The zero-order valence-corrected chi connectivity index (χ0v) is 12.1. The van der Waals surface area contributed by atoms with Gasteiger partial charge in [-0.05, 0) is 11.1 Å². The highest BCUT2D eigenvalue weighted by Gasteiger charge is 2.60. The van der Waals surface area contributed by atoms with Crippen LogP contribution in [-0.4, -0.2) is 26.9 Å². The van der Waals surface area contributed by atoms with Gasteiger partial charge in [0.05, 0.1) is 5.41 Å². The van der Waals surface area contributed by atoms with Crippen molar-refractivity contribution in [2.75, 3.05) is 5.73 Å². The number of oxime groups is 1. The Bertz CT molecular complexity index is 735. The van der Waals surface area contributed by atoms with E-state index in [9.17, 15) is 8.78 Å². The Balaban J connectivity index is 1.93. The average Bonchev–Trinajstić information content (AvgIpc) is 2.52. The number of aromatic nitrogens is 2. The van der Waals surface area contributed by atoms with Gasteiger partial charge in [-0.1, -0.05) is 29.4 Å². The number of nitrogens with zero attached hydrogens (tertiary/aromatic N) is 3. The van der Waals surface area contributed by atoms with Crippen molar-refractivity contribution < 1.29 is 14.0 Å². The number of halogens is 2. The van der Waals surface area contributed by atoms with Crippen LogP contribution in [0.1, 0.15) is 18.4 Å². The Morgan fingerprint density at radius 3 is 2.13 bits per heavy atom. The minimum absolute atomic E-state index is 0.174. The summed E-state index contributed by atoms with van der Waals surface area (Å²) in [6.07, 6.45) is 2.21. The second kappa shape index (κ2) is 5.15. The molecule has 0 amide bonds. The van der Waals surface area contributed by atoms with Gasteiger partial charge in [0.25, 0.3) is 5.92 Å². The number of alkyl halides is 2. The summed E-state index contributed by atoms with van der Waals surface area (Å²) in [5, 5.41) is 11.9. The first-order valence-corrected chi connectivity index (χ1v) is 6.91. The molecular formula is C15H15F2N5O. The van der Waals surface area contributed by atoms with Gasteiger partial charge in [0, 0.05) is 30.8 Å². The molecule has 5 N–H and O–H groups in total. The third kappa shape index (κ3) is 2.56. The average molecular weight is 319 g/mol. The number of benzene rings is 1. The SMILES string of the molecule is N/C(=N\O)C1(c2ccc(-c3cnc(N)nc3)cc2)CC(F)(F)C1. The summed E-state index contributed by atoms with van der Waals surface area (Å²) in [5.74, 6) is -2.83. The van der Waals surface area contributed by atoms with E-state index < -0.39 is 24.2 Å². The Labute approximate surface area is 130 Å². The quantitative estimate of drug-likeness (QED) is 0.347. The maximum absolute atomic E-state index is 13.4. The number of nitrogens with two attached hydrogens (primary N) is 2. The fraction of sp³-hybridized carbons (Fsp3) is 0.267. The summed E-state index contributed by atoms with van der Waals surface area (Å²) in [7, 11) is 0. The van der Waals surface area contributed by atoms with Gasteiger partial charge in [-0.2, -0.15) is 0 Å². The minimum atomic E-state index is -2.81. The number of hydrogen-bond donors (Lipinski definition) is 3. The maximum Gasteiger partial charge on any atom is 0.250 e. The van der Waals surface area contributed by atoms with Gasteiger partial charge in [-0.25, -0.2) is 18.7 Å². The Kier molecular flexibility index (Phi) is 3.39. The van der Waals surface area contributed by atoms with Gasteiger partial charge >= 0.3 is 0 Å². The van der Waals surface area contributed by atoms with Crippen LogP contribution >= 0.6 is 0 Å². The molecule has 0 unspecified atom stereocenters. The highest BCUT2D eigenvalue weighted by molar-refractivity contribution is 5.93. The standard InChI is InChI=1S/C15H15F2N5O/c16-15(17)7-14(8-15,12(18)22-23)11-3-1-9(2-4-11)10-5-20-13(19)21-6-10/h1-6,23H,7-8H2,(H2,18,22)(H2,19,20,21). The topological polar surface area (TPSA) is 110 Å². The molecule has 120 valence electrons. The smallest absolute Gasteiger partial charge is 0.250 e. The molecular weight excluding hydrogens is 304 g/mol. The van der Waals surface area contributed by atoms with Crippen LogP contribution in [0.4, 0.5) is 14.7 Å².